The first-order chi connectivity index (χ1) is 14.9. The maximum absolute atomic E-state index is 5.55. The molecule has 0 amide bonds. The highest BCUT2D eigenvalue weighted by Crippen LogP contribution is 2.38. The minimum Gasteiger partial charge on any atom is -0.454 e. The summed E-state index contributed by atoms with van der Waals surface area (Å²) < 4.78 is 22.0. The summed E-state index contributed by atoms with van der Waals surface area (Å²) in [5.74, 6) is 3.10. The summed E-state index contributed by atoms with van der Waals surface area (Å²) in [5.41, 5.74) is 2.15. The molecule has 0 fully saturated rings. The van der Waals surface area contributed by atoms with E-state index in [0.717, 1.165) is 59.8 Å². The molecule has 3 aliphatic rings. The van der Waals surface area contributed by atoms with E-state index in [1.54, 1.807) is 0 Å². The van der Waals surface area contributed by atoms with Crippen LogP contribution in [0.1, 0.15) is 48.9 Å². The topological polar surface area (TPSA) is 61.6 Å². The number of benzene rings is 2. The standard InChI is InChI=1S/C24H24N2O4/c1-2-4-6-8-20(18-10-12-22-24(14-18)30-16-28-22)26-25-19(7-5-3-1)17-9-11-21-23(13-17)29-15-27-21/h3-6,9-14,19-20H,1-2,7-8,15-16H2/b5-3+,6-4?,26-25?. The van der Waals surface area contributed by atoms with Gasteiger partial charge in [-0.1, -0.05) is 36.4 Å². The lowest BCUT2D eigenvalue weighted by Crippen LogP contribution is -1.98. The molecule has 2 aromatic rings. The van der Waals surface area contributed by atoms with Gasteiger partial charge in [-0.15, -0.1) is 0 Å². The van der Waals surface area contributed by atoms with E-state index in [-0.39, 0.29) is 25.7 Å². The molecule has 0 aliphatic carbocycles. The van der Waals surface area contributed by atoms with Crippen molar-refractivity contribution < 1.29 is 18.9 Å². The summed E-state index contributed by atoms with van der Waals surface area (Å²) in [5, 5.41) is 9.55. The summed E-state index contributed by atoms with van der Waals surface area (Å²) in [6, 6.07) is 11.9. The van der Waals surface area contributed by atoms with E-state index in [1.165, 1.54) is 0 Å². The summed E-state index contributed by atoms with van der Waals surface area (Å²) in [6.07, 6.45) is 12.5. The number of ether oxygens (including phenoxy) is 4. The SMILES string of the molecule is C1=CCC(c2ccc3c(c2)OCO3)N=NC(c2ccc3c(c2)OCO3)C/C=C/CC1. The highest BCUT2D eigenvalue weighted by Gasteiger charge is 2.20. The lowest BCUT2D eigenvalue weighted by Gasteiger charge is -2.15. The van der Waals surface area contributed by atoms with Gasteiger partial charge in [-0.25, -0.2) is 0 Å². The molecule has 5 rings (SSSR count). The van der Waals surface area contributed by atoms with Crippen LogP contribution >= 0.6 is 0 Å². The third-order valence-corrected chi connectivity index (χ3v) is 5.46. The first-order valence-electron chi connectivity index (χ1n) is 10.4. The molecule has 6 heteroatoms. The number of hydrogen-bond donors (Lipinski definition) is 0. The van der Waals surface area contributed by atoms with E-state index in [1.807, 2.05) is 36.4 Å². The van der Waals surface area contributed by atoms with Crippen LogP contribution < -0.4 is 18.9 Å². The Bertz CT molecular complexity index is 919. The lowest BCUT2D eigenvalue weighted by atomic mass is 10.0. The Morgan fingerprint density at radius 1 is 0.567 bits per heavy atom. The van der Waals surface area contributed by atoms with Gasteiger partial charge in [-0.3, -0.25) is 0 Å². The minimum absolute atomic E-state index is 0.0735. The third kappa shape index (κ3) is 4.03. The molecule has 0 saturated heterocycles. The van der Waals surface area contributed by atoms with Gasteiger partial charge in [0.05, 0.1) is 12.1 Å². The number of hydrogen-bond acceptors (Lipinski definition) is 6. The molecule has 0 N–H and O–H groups in total. The third-order valence-electron chi connectivity index (χ3n) is 5.46. The second kappa shape index (κ2) is 8.61. The predicted molar refractivity (Wildman–Crippen MR) is 112 cm³/mol. The summed E-state index contributed by atoms with van der Waals surface area (Å²) in [6.45, 7) is 0.535. The zero-order chi connectivity index (χ0) is 20.2. The van der Waals surface area contributed by atoms with Crippen LogP contribution in [0.25, 0.3) is 0 Å². The van der Waals surface area contributed by atoms with Crippen molar-refractivity contribution >= 4 is 0 Å². The van der Waals surface area contributed by atoms with E-state index >= 15 is 0 Å². The van der Waals surface area contributed by atoms with Crippen molar-refractivity contribution in [2.45, 2.75) is 37.8 Å². The van der Waals surface area contributed by atoms with Crippen LogP contribution in [-0.2, 0) is 0 Å². The molecule has 3 aliphatic heterocycles. The number of rotatable bonds is 2. The van der Waals surface area contributed by atoms with Crippen molar-refractivity contribution in [1.29, 1.82) is 0 Å². The van der Waals surface area contributed by atoms with Gasteiger partial charge in [0, 0.05) is 0 Å². The quantitative estimate of drug-likeness (QED) is 0.570. The Hall–Kier alpha value is -3.28. The fourth-order valence-corrected chi connectivity index (χ4v) is 3.78. The fraction of sp³-hybridized carbons (Fsp3) is 0.333. The largest absolute Gasteiger partial charge is 0.454 e. The molecule has 2 atom stereocenters. The Kier molecular flexibility index (Phi) is 5.38. The van der Waals surface area contributed by atoms with E-state index < -0.39 is 0 Å². The lowest BCUT2D eigenvalue weighted by molar-refractivity contribution is 0.173. The minimum atomic E-state index is -0.0735. The van der Waals surface area contributed by atoms with Crippen molar-refractivity contribution in [1.82, 2.24) is 0 Å². The first kappa shape index (κ1) is 18.7. The van der Waals surface area contributed by atoms with Crippen LogP contribution in [0, 0.1) is 0 Å². The van der Waals surface area contributed by atoms with Crippen LogP contribution in [0.5, 0.6) is 23.0 Å². The molecule has 6 nitrogen and oxygen atoms in total. The molecule has 2 aromatic carbocycles. The Labute approximate surface area is 175 Å². The van der Waals surface area contributed by atoms with Gasteiger partial charge >= 0.3 is 0 Å². The van der Waals surface area contributed by atoms with Crippen LogP contribution in [-0.4, -0.2) is 13.6 Å². The molecule has 154 valence electrons. The van der Waals surface area contributed by atoms with Crippen molar-refractivity contribution in [3.63, 3.8) is 0 Å². The monoisotopic (exact) mass is 404 g/mol. The molecule has 3 heterocycles. The smallest absolute Gasteiger partial charge is 0.231 e. The van der Waals surface area contributed by atoms with Gasteiger partial charge in [0.25, 0.3) is 0 Å². The summed E-state index contributed by atoms with van der Waals surface area (Å²) >= 11 is 0. The average Bonchev–Trinajstić information content (AvgIpc) is 3.42. The molecule has 0 spiro atoms. The molecular formula is C24H24N2O4. The first-order valence-corrected chi connectivity index (χ1v) is 10.4. The van der Waals surface area contributed by atoms with E-state index in [0.29, 0.717) is 0 Å². The second-order valence-electron chi connectivity index (χ2n) is 7.48. The van der Waals surface area contributed by atoms with Crippen molar-refractivity contribution in [2.75, 3.05) is 13.6 Å². The summed E-state index contributed by atoms with van der Waals surface area (Å²) in [7, 11) is 0. The Morgan fingerprint density at radius 2 is 1.03 bits per heavy atom. The maximum Gasteiger partial charge on any atom is 0.231 e. The van der Waals surface area contributed by atoms with E-state index in [2.05, 4.69) is 24.3 Å². The van der Waals surface area contributed by atoms with Gasteiger partial charge in [-0.2, -0.15) is 10.2 Å². The molecule has 0 aromatic heterocycles. The van der Waals surface area contributed by atoms with Gasteiger partial charge in [0.1, 0.15) is 0 Å². The zero-order valence-corrected chi connectivity index (χ0v) is 16.7. The zero-order valence-electron chi connectivity index (χ0n) is 16.7. The van der Waals surface area contributed by atoms with Crippen LogP contribution in [0.2, 0.25) is 0 Å². The molecule has 0 radical (unpaired) electrons. The predicted octanol–water partition coefficient (Wildman–Crippen LogP) is 6.07. The number of nitrogens with zero attached hydrogens (tertiary/aromatic N) is 2. The summed E-state index contributed by atoms with van der Waals surface area (Å²) in [4.78, 5) is 0. The van der Waals surface area contributed by atoms with Crippen molar-refractivity contribution in [3.05, 3.63) is 71.8 Å². The highest BCUT2D eigenvalue weighted by molar-refractivity contribution is 5.46. The number of fused-ring (bicyclic) bond motifs is 2. The molecular weight excluding hydrogens is 380 g/mol. The average molecular weight is 404 g/mol. The van der Waals surface area contributed by atoms with Crippen molar-refractivity contribution in [3.8, 4) is 23.0 Å². The second-order valence-corrected chi connectivity index (χ2v) is 7.48. The van der Waals surface area contributed by atoms with Crippen LogP contribution in [0.3, 0.4) is 0 Å². The normalized spacial score (nSPS) is 23.6. The highest BCUT2D eigenvalue weighted by atomic mass is 16.7. The molecule has 2 unspecified atom stereocenters. The maximum atomic E-state index is 5.55. The van der Waals surface area contributed by atoms with Gasteiger partial charge in [-0.05, 0) is 61.1 Å². The molecule has 0 saturated carbocycles. The van der Waals surface area contributed by atoms with E-state index in [4.69, 9.17) is 29.2 Å². The van der Waals surface area contributed by atoms with Crippen LogP contribution in [0.15, 0.2) is 70.9 Å². The van der Waals surface area contributed by atoms with Crippen LogP contribution in [0.4, 0.5) is 0 Å². The Morgan fingerprint density at radius 3 is 1.53 bits per heavy atom. The van der Waals surface area contributed by atoms with E-state index in [9.17, 15) is 0 Å². The number of allylic oxidation sites excluding steroid dienone is 2. The Balaban J connectivity index is 1.45. The fourth-order valence-electron chi connectivity index (χ4n) is 3.78. The molecule has 0 bridgehead atoms. The van der Waals surface area contributed by atoms with Crippen molar-refractivity contribution in [2.24, 2.45) is 10.2 Å². The van der Waals surface area contributed by atoms with Gasteiger partial charge < -0.3 is 18.9 Å². The van der Waals surface area contributed by atoms with Gasteiger partial charge in [0.15, 0.2) is 23.0 Å². The number of azo groups is 1. The molecule has 30 heavy (non-hydrogen) atoms. The van der Waals surface area contributed by atoms with Gasteiger partial charge in [0.2, 0.25) is 13.6 Å².